The Hall–Kier alpha value is -1.04. The number of aliphatic hydroxyl groups excluding tert-OH is 1. The van der Waals surface area contributed by atoms with Crippen molar-refractivity contribution >= 4 is 0 Å². The summed E-state index contributed by atoms with van der Waals surface area (Å²) in [4.78, 5) is 0. The molecule has 1 unspecified atom stereocenters. The molecule has 2 N–H and O–H groups in total. The van der Waals surface area contributed by atoms with Gasteiger partial charge in [0.1, 0.15) is 0 Å². The van der Waals surface area contributed by atoms with Gasteiger partial charge in [0.2, 0.25) is 0 Å². The minimum absolute atomic E-state index is 0.0600. The van der Waals surface area contributed by atoms with Gasteiger partial charge in [0.05, 0.1) is 25.2 Å². The second-order valence-corrected chi connectivity index (χ2v) is 4.93. The first kappa shape index (κ1) is 13.4. The summed E-state index contributed by atoms with van der Waals surface area (Å²) in [6.07, 6.45) is 0. The maximum Gasteiger partial charge on any atom is 0.159 e. The van der Waals surface area contributed by atoms with Crippen LogP contribution in [0.2, 0.25) is 0 Å². The normalized spacial score (nSPS) is 19.3. The molecule has 1 aromatic carbocycles. The van der Waals surface area contributed by atoms with Crippen LogP contribution in [0.4, 0.5) is 8.78 Å². The largest absolute Gasteiger partial charge is 0.396 e. The maximum atomic E-state index is 13.1. The molecule has 1 saturated heterocycles. The predicted molar refractivity (Wildman–Crippen MR) is 63.1 cm³/mol. The van der Waals surface area contributed by atoms with Crippen LogP contribution in [0.3, 0.4) is 0 Å². The lowest BCUT2D eigenvalue weighted by molar-refractivity contribution is -0.135. The predicted octanol–water partition coefficient (Wildman–Crippen LogP) is 1.62. The highest BCUT2D eigenvalue weighted by atomic mass is 19.2. The highest BCUT2D eigenvalue weighted by molar-refractivity contribution is 5.20. The van der Waals surface area contributed by atoms with E-state index in [1.54, 1.807) is 6.07 Å². The summed E-state index contributed by atoms with van der Waals surface area (Å²) in [5, 5.41) is 12.5. The lowest BCUT2D eigenvalue weighted by atomic mass is 9.86. The Balaban J connectivity index is 1.94. The molecule has 0 saturated carbocycles. The molecule has 0 aliphatic carbocycles. The van der Waals surface area contributed by atoms with Crippen LogP contribution in [-0.2, 0) is 4.74 Å². The van der Waals surface area contributed by atoms with Crippen LogP contribution in [0.15, 0.2) is 18.2 Å². The van der Waals surface area contributed by atoms with Crippen molar-refractivity contribution in [1.29, 1.82) is 0 Å². The molecule has 100 valence electrons. The van der Waals surface area contributed by atoms with Gasteiger partial charge in [-0.1, -0.05) is 6.07 Å². The molecule has 1 fully saturated rings. The summed E-state index contributed by atoms with van der Waals surface area (Å²) in [5.74, 6) is -1.69. The molecular formula is C13H17F2NO2. The van der Waals surface area contributed by atoms with Crippen molar-refractivity contribution in [2.45, 2.75) is 13.0 Å². The number of hydrogen-bond acceptors (Lipinski definition) is 3. The van der Waals surface area contributed by atoms with Crippen LogP contribution in [0.25, 0.3) is 0 Å². The van der Waals surface area contributed by atoms with Gasteiger partial charge in [-0.05, 0) is 24.6 Å². The van der Waals surface area contributed by atoms with Crippen molar-refractivity contribution in [1.82, 2.24) is 5.32 Å². The monoisotopic (exact) mass is 257 g/mol. The van der Waals surface area contributed by atoms with Crippen molar-refractivity contribution in [2.24, 2.45) is 5.41 Å². The average Bonchev–Trinajstić information content (AvgIpc) is 2.31. The molecule has 1 heterocycles. The number of hydrogen-bond donors (Lipinski definition) is 2. The molecule has 1 atom stereocenters. The summed E-state index contributed by atoms with van der Waals surface area (Å²) in [7, 11) is 0. The van der Waals surface area contributed by atoms with Gasteiger partial charge in [0.15, 0.2) is 11.6 Å². The van der Waals surface area contributed by atoms with Crippen LogP contribution in [0.5, 0.6) is 0 Å². The number of halogens is 2. The highest BCUT2D eigenvalue weighted by Crippen LogP contribution is 2.27. The van der Waals surface area contributed by atoms with Gasteiger partial charge < -0.3 is 15.2 Å². The molecule has 0 bridgehead atoms. The molecule has 0 aromatic heterocycles. The van der Waals surface area contributed by atoms with Crippen molar-refractivity contribution in [2.75, 3.05) is 26.4 Å². The molecule has 18 heavy (non-hydrogen) atoms. The van der Waals surface area contributed by atoms with Crippen LogP contribution >= 0.6 is 0 Å². The van der Waals surface area contributed by atoms with Crippen LogP contribution < -0.4 is 5.32 Å². The molecule has 1 aliphatic rings. The lowest BCUT2D eigenvalue weighted by Crippen LogP contribution is -2.52. The Morgan fingerprint density at radius 2 is 2.11 bits per heavy atom. The fourth-order valence-corrected chi connectivity index (χ4v) is 1.91. The molecule has 5 heteroatoms. The summed E-state index contributed by atoms with van der Waals surface area (Å²) in [6.45, 7) is 3.58. The van der Waals surface area contributed by atoms with E-state index < -0.39 is 11.6 Å². The first-order valence-corrected chi connectivity index (χ1v) is 5.93. The maximum absolute atomic E-state index is 13.1. The minimum atomic E-state index is -0.843. The highest BCUT2D eigenvalue weighted by Gasteiger charge is 2.37. The second kappa shape index (κ2) is 5.30. The summed E-state index contributed by atoms with van der Waals surface area (Å²) in [6, 6.07) is 3.76. The second-order valence-electron chi connectivity index (χ2n) is 4.93. The van der Waals surface area contributed by atoms with E-state index in [1.807, 2.05) is 6.92 Å². The van der Waals surface area contributed by atoms with E-state index in [-0.39, 0.29) is 18.1 Å². The Bertz CT molecular complexity index is 416. The molecule has 3 nitrogen and oxygen atoms in total. The Labute approximate surface area is 105 Å². The standard InChI is InChI=1S/C13H17F2NO2/c1-9(10-2-3-11(14)12(15)4-10)16-5-13(6-17)7-18-8-13/h2-4,9,16-17H,5-8H2,1H3. The smallest absolute Gasteiger partial charge is 0.159 e. The summed E-state index contributed by atoms with van der Waals surface area (Å²) < 4.78 is 31.0. The number of benzene rings is 1. The molecule has 2 rings (SSSR count). The van der Waals surface area contributed by atoms with E-state index in [1.165, 1.54) is 6.07 Å². The number of aliphatic hydroxyl groups is 1. The fourth-order valence-electron chi connectivity index (χ4n) is 1.91. The minimum Gasteiger partial charge on any atom is -0.396 e. The van der Waals surface area contributed by atoms with Crippen molar-refractivity contribution in [3.8, 4) is 0 Å². The zero-order chi connectivity index (χ0) is 13.2. The SMILES string of the molecule is CC(NCC1(CO)COC1)c1ccc(F)c(F)c1. The third-order valence-electron chi connectivity index (χ3n) is 3.38. The third-order valence-corrected chi connectivity index (χ3v) is 3.38. The van der Waals surface area contributed by atoms with Gasteiger partial charge in [-0.2, -0.15) is 0 Å². The van der Waals surface area contributed by atoms with E-state index >= 15 is 0 Å². The van der Waals surface area contributed by atoms with Crippen molar-refractivity contribution in [3.63, 3.8) is 0 Å². The van der Waals surface area contributed by atoms with Crippen molar-refractivity contribution < 1.29 is 18.6 Å². The van der Waals surface area contributed by atoms with Gasteiger partial charge in [0, 0.05) is 12.6 Å². The van der Waals surface area contributed by atoms with Gasteiger partial charge >= 0.3 is 0 Å². The molecule has 1 aliphatic heterocycles. The zero-order valence-corrected chi connectivity index (χ0v) is 10.2. The van der Waals surface area contributed by atoms with Gasteiger partial charge in [-0.15, -0.1) is 0 Å². The molecule has 0 spiro atoms. The molecule has 1 aromatic rings. The van der Waals surface area contributed by atoms with E-state index in [0.29, 0.717) is 25.3 Å². The van der Waals surface area contributed by atoms with Crippen LogP contribution in [0.1, 0.15) is 18.5 Å². The third kappa shape index (κ3) is 2.68. The quantitative estimate of drug-likeness (QED) is 0.842. The number of ether oxygens (including phenoxy) is 1. The number of nitrogens with one attached hydrogen (secondary N) is 1. The lowest BCUT2D eigenvalue weighted by Gasteiger charge is -2.40. The summed E-state index contributed by atoms with van der Waals surface area (Å²) >= 11 is 0. The Kier molecular flexibility index (Phi) is 3.94. The molecule has 0 amide bonds. The van der Waals surface area contributed by atoms with Crippen molar-refractivity contribution in [3.05, 3.63) is 35.4 Å². The van der Waals surface area contributed by atoms with Gasteiger partial charge in [-0.3, -0.25) is 0 Å². The Morgan fingerprint density at radius 1 is 1.39 bits per heavy atom. The van der Waals surface area contributed by atoms with Gasteiger partial charge in [-0.25, -0.2) is 8.78 Å². The molecular weight excluding hydrogens is 240 g/mol. The summed E-state index contributed by atoms with van der Waals surface area (Å²) in [5.41, 5.74) is 0.453. The Morgan fingerprint density at radius 3 is 2.61 bits per heavy atom. The topological polar surface area (TPSA) is 41.5 Å². The first-order valence-electron chi connectivity index (χ1n) is 5.93. The van der Waals surface area contributed by atoms with Crippen LogP contribution in [0, 0.1) is 17.0 Å². The fraction of sp³-hybridized carbons (Fsp3) is 0.538. The van der Waals surface area contributed by atoms with Crippen LogP contribution in [-0.4, -0.2) is 31.5 Å². The van der Waals surface area contributed by atoms with E-state index in [0.717, 1.165) is 6.07 Å². The van der Waals surface area contributed by atoms with E-state index in [4.69, 9.17) is 4.74 Å². The average molecular weight is 257 g/mol. The van der Waals surface area contributed by atoms with Gasteiger partial charge in [0.25, 0.3) is 0 Å². The zero-order valence-electron chi connectivity index (χ0n) is 10.2. The van der Waals surface area contributed by atoms with E-state index in [9.17, 15) is 13.9 Å². The number of rotatable bonds is 5. The first-order chi connectivity index (χ1) is 8.56. The molecule has 0 radical (unpaired) electrons. The van der Waals surface area contributed by atoms with E-state index in [2.05, 4.69) is 5.32 Å².